The molecule has 3 aliphatic rings. The van der Waals surface area contributed by atoms with Gasteiger partial charge in [-0.2, -0.15) is 18.3 Å². The van der Waals surface area contributed by atoms with Gasteiger partial charge in [0.2, 0.25) is 5.91 Å². The molecule has 0 bridgehead atoms. The maximum atomic E-state index is 13.4. The monoisotopic (exact) mass is 618 g/mol. The maximum Gasteiger partial charge on any atom is 0.391 e. The van der Waals surface area contributed by atoms with Crippen LogP contribution in [0, 0.1) is 11.8 Å². The fourth-order valence-electron chi connectivity index (χ4n) is 6.59. The Bertz CT molecular complexity index is 1460. The Balaban J connectivity index is 1.09. The molecular weight excluding hydrogens is 588 g/mol. The predicted molar refractivity (Wildman–Crippen MR) is 155 cm³/mol. The minimum atomic E-state index is -4.22. The van der Waals surface area contributed by atoms with Crippen LogP contribution in [0.5, 0.6) is 0 Å². The maximum absolute atomic E-state index is 13.4. The molecule has 42 heavy (non-hydrogen) atoms. The number of piperidine rings is 1. The number of likely N-dealkylation sites (tertiary alicyclic amines) is 2. The number of amides is 2. The van der Waals surface area contributed by atoms with Gasteiger partial charge < -0.3 is 9.80 Å². The first-order valence-corrected chi connectivity index (χ1v) is 15.1. The van der Waals surface area contributed by atoms with Gasteiger partial charge in [0, 0.05) is 52.9 Å². The molecule has 1 N–H and O–H groups in total. The van der Waals surface area contributed by atoms with E-state index in [0.29, 0.717) is 22.0 Å². The standard InChI is InChI=1S/C31H31Cl2F3N4O2/c32-26-15-21(18-1-3-19(4-2-18)29(41)39-10-8-23(9-11-39)31(34,35)36)16-27(33)25(26)14-20-7-12-40(30(20)42)24-5-6-28-22(13-24)17-37-38-28/h1-4,15-17,20,23-24H,5-14H2,(H,37,38)/t20-,24?/m0/s1. The van der Waals surface area contributed by atoms with Crippen molar-refractivity contribution in [3.8, 4) is 11.1 Å². The van der Waals surface area contributed by atoms with E-state index in [0.717, 1.165) is 48.9 Å². The van der Waals surface area contributed by atoms with Gasteiger partial charge in [0.25, 0.3) is 5.91 Å². The zero-order chi connectivity index (χ0) is 29.6. The van der Waals surface area contributed by atoms with Crippen LogP contribution >= 0.6 is 23.2 Å². The first-order chi connectivity index (χ1) is 20.1. The Labute approximate surface area is 252 Å². The van der Waals surface area contributed by atoms with E-state index in [1.54, 1.807) is 24.3 Å². The SMILES string of the molecule is O=C(c1ccc(-c2cc(Cl)c(C[C@@H]3CCN(C4CCc5[nH]ncc5C4)C3=O)c(Cl)c2)cc1)N1CCC(C(F)(F)F)CC1. The highest BCUT2D eigenvalue weighted by Gasteiger charge is 2.42. The van der Waals surface area contributed by atoms with Crippen LogP contribution < -0.4 is 0 Å². The van der Waals surface area contributed by atoms with Crippen molar-refractivity contribution in [2.24, 2.45) is 11.8 Å². The average molecular weight is 620 g/mol. The zero-order valence-corrected chi connectivity index (χ0v) is 24.4. The third-order valence-electron chi connectivity index (χ3n) is 9.08. The molecule has 0 saturated carbocycles. The van der Waals surface area contributed by atoms with Crippen LogP contribution in [0.4, 0.5) is 13.2 Å². The van der Waals surface area contributed by atoms with Crippen molar-refractivity contribution in [1.82, 2.24) is 20.0 Å². The molecule has 2 fully saturated rings. The number of benzene rings is 2. The van der Waals surface area contributed by atoms with E-state index in [9.17, 15) is 22.8 Å². The van der Waals surface area contributed by atoms with E-state index in [1.807, 2.05) is 23.2 Å². The number of fused-ring (bicyclic) bond motifs is 1. The highest BCUT2D eigenvalue weighted by molar-refractivity contribution is 6.36. The van der Waals surface area contributed by atoms with Crippen LogP contribution in [0.1, 0.15) is 52.9 Å². The second kappa shape index (κ2) is 11.6. The first kappa shape index (κ1) is 29.1. The fraction of sp³-hybridized carbons (Fsp3) is 0.452. The Morgan fingerprint density at radius 2 is 1.67 bits per heavy atom. The van der Waals surface area contributed by atoms with Gasteiger partial charge in [0.05, 0.1) is 12.1 Å². The third kappa shape index (κ3) is 5.78. The van der Waals surface area contributed by atoms with Crippen molar-refractivity contribution in [1.29, 1.82) is 0 Å². The summed E-state index contributed by atoms with van der Waals surface area (Å²) in [5, 5.41) is 8.15. The number of alkyl halides is 3. The summed E-state index contributed by atoms with van der Waals surface area (Å²) in [6.07, 6.45) is 1.34. The molecule has 2 saturated heterocycles. The normalized spacial score (nSPS) is 21.6. The molecule has 3 heterocycles. The van der Waals surface area contributed by atoms with E-state index >= 15 is 0 Å². The van der Waals surface area contributed by atoms with Crippen LogP contribution in [0.15, 0.2) is 42.6 Å². The van der Waals surface area contributed by atoms with Gasteiger partial charge in [-0.25, -0.2) is 0 Å². The van der Waals surface area contributed by atoms with Crippen LogP contribution in [0.3, 0.4) is 0 Å². The molecule has 2 aromatic carbocycles. The van der Waals surface area contributed by atoms with Gasteiger partial charge in [-0.1, -0.05) is 35.3 Å². The Kier molecular flexibility index (Phi) is 8.00. The average Bonchev–Trinajstić information content (AvgIpc) is 3.60. The van der Waals surface area contributed by atoms with Crippen LogP contribution in [-0.2, 0) is 24.1 Å². The molecular formula is C31H31Cl2F3N4O2. The summed E-state index contributed by atoms with van der Waals surface area (Å²) in [6.45, 7) is 0.898. The third-order valence-corrected chi connectivity index (χ3v) is 9.76. The predicted octanol–water partition coefficient (Wildman–Crippen LogP) is 6.75. The van der Waals surface area contributed by atoms with E-state index in [-0.39, 0.29) is 49.7 Å². The lowest BCUT2D eigenvalue weighted by atomic mass is 9.92. The Morgan fingerprint density at radius 1 is 0.976 bits per heavy atom. The highest BCUT2D eigenvalue weighted by atomic mass is 35.5. The summed E-state index contributed by atoms with van der Waals surface area (Å²) in [4.78, 5) is 29.7. The van der Waals surface area contributed by atoms with Gasteiger partial charge >= 0.3 is 6.18 Å². The molecule has 222 valence electrons. The number of H-pyrrole nitrogens is 1. The van der Waals surface area contributed by atoms with E-state index in [4.69, 9.17) is 23.2 Å². The molecule has 2 atom stereocenters. The number of aromatic nitrogens is 2. The van der Waals surface area contributed by atoms with Crippen molar-refractivity contribution in [2.45, 2.75) is 57.2 Å². The minimum absolute atomic E-state index is 0.0755. The molecule has 1 aliphatic carbocycles. The largest absolute Gasteiger partial charge is 0.391 e. The van der Waals surface area contributed by atoms with E-state index in [1.165, 1.54) is 16.2 Å². The number of rotatable bonds is 5. The van der Waals surface area contributed by atoms with Gasteiger partial charge in [0.1, 0.15) is 0 Å². The summed E-state index contributed by atoms with van der Waals surface area (Å²) in [7, 11) is 0. The number of nitrogens with one attached hydrogen (secondary N) is 1. The van der Waals surface area contributed by atoms with Crippen LogP contribution in [0.2, 0.25) is 10.0 Å². The lowest BCUT2D eigenvalue weighted by molar-refractivity contribution is -0.183. The molecule has 1 aromatic heterocycles. The number of nitrogens with zero attached hydrogens (tertiary/aromatic N) is 3. The number of carbonyl (C=O) groups excluding carboxylic acids is 2. The Hall–Kier alpha value is -3.04. The number of aromatic amines is 1. The van der Waals surface area contributed by atoms with Crippen LogP contribution in [-0.4, -0.2) is 63.7 Å². The van der Waals surface area contributed by atoms with Crippen molar-refractivity contribution in [3.63, 3.8) is 0 Å². The summed E-state index contributed by atoms with van der Waals surface area (Å²) < 4.78 is 38.9. The number of aryl methyl sites for hydroxylation is 1. The quantitative estimate of drug-likeness (QED) is 0.344. The second-order valence-corrected chi connectivity index (χ2v) is 12.4. The molecule has 11 heteroatoms. The number of carbonyl (C=O) groups is 2. The van der Waals surface area contributed by atoms with Gasteiger partial charge in [0.15, 0.2) is 0 Å². The molecule has 0 radical (unpaired) electrons. The van der Waals surface area contributed by atoms with Crippen molar-refractivity contribution in [2.75, 3.05) is 19.6 Å². The zero-order valence-electron chi connectivity index (χ0n) is 22.9. The van der Waals surface area contributed by atoms with E-state index in [2.05, 4.69) is 10.2 Å². The van der Waals surface area contributed by atoms with Gasteiger partial charge in [-0.05, 0) is 91.5 Å². The topological polar surface area (TPSA) is 69.3 Å². The minimum Gasteiger partial charge on any atom is -0.339 e. The van der Waals surface area contributed by atoms with Crippen molar-refractivity contribution in [3.05, 3.63) is 75.0 Å². The molecule has 6 nitrogen and oxygen atoms in total. The summed E-state index contributed by atoms with van der Waals surface area (Å²) >= 11 is 13.4. The fourth-order valence-corrected chi connectivity index (χ4v) is 7.23. The summed E-state index contributed by atoms with van der Waals surface area (Å²) in [6, 6.07) is 10.7. The summed E-state index contributed by atoms with van der Waals surface area (Å²) in [5.74, 6) is -1.66. The van der Waals surface area contributed by atoms with Gasteiger partial charge in [-0.15, -0.1) is 0 Å². The lowest BCUT2D eigenvalue weighted by Crippen LogP contribution is -2.42. The molecule has 1 unspecified atom stereocenters. The highest BCUT2D eigenvalue weighted by Crippen LogP contribution is 2.37. The van der Waals surface area contributed by atoms with Crippen molar-refractivity contribution < 1.29 is 22.8 Å². The molecule has 6 rings (SSSR count). The first-order valence-electron chi connectivity index (χ1n) is 14.3. The number of hydrogen-bond acceptors (Lipinski definition) is 3. The molecule has 3 aromatic rings. The molecule has 2 amide bonds. The van der Waals surface area contributed by atoms with Crippen molar-refractivity contribution >= 4 is 35.0 Å². The number of hydrogen-bond donors (Lipinski definition) is 1. The summed E-state index contributed by atoms with van der Waals surface area (Å²) in [5.41, 5.74) is 5.10. The molecule has 2 aliphatic heterocycles. The van der Waals surface area contributed by atoms with Crippen LogP contribution in [0.25, 0.3) is 11.1 Å². The Morgan fingerprint density at radius 3 is 2.33 bits per heavy atom. The second-order valence-electron chi connectivity index (χ2n) is 11.6. The van der Waals surface area contributed by atoms with E-state index < -0.39 is 12.1 Å². The lowest BCUT2D eigenvalue weighted by Gasteiger charge is -2.33. The molecule has 0 spiro atoms. The smallest absolute Gasteiger partial charge is 0.339 e. The van der Waals surface area contributed by atoms with Gasteiger partial charge in [-0.3, -0.25) is 14.7 Å². The number of halogens is 5.